The van der Waals surface area contributed by atoms with Crippen LogP contribution in [0.4, 0.5) is 0 Å². The van der Waals surface area contributed by atoms with Crippen LogP contribution in [0.2, 0.25) is 0 Å². The molecule has 6 heteroatoms. The van der Waals surface area contributed by atoms with Crippen molar-refractivity contribution < 1.29 is 8.42 Å². The van der Waals surface area contributed by atoms with Gasteiger partial charge in [0.25, 0.3) is 5.56 Å². The Balaban J connectivity index is 2.20. The van der Waals surface area contributed by atoms with Gasteiger partial charge in [-0.3, -0.25) is 4.79 Å². The first-order valence-electron chi connectivity index (χ1n) is 6.46. The molecule has 108 valence electrons. The van der Waals surface area contributed by atoms with Crippen molar-refractivity contribution in [2.75, 3.05) is 0 Å². The lowest BCUT2D eigenvalue weighted by atomic mass is 10.2. The third-order valence-electron chi connectivity index (χ3n) is 3.32. The van der Waals surface area contributed by atoms with Crippen LogP contribution in [0.25, 0.3) is 10.9 Å². The highest BCUT2D eigenvalue weighted by molar-refractivity contribution is 7.89. The molecule has 0 spiro atoms. The Kier molecular flexibility index (Phi) is 3.17. The molecule has 0 saturated carbocycles. The van der Waals surface area contributed by atoms with Gasteiger partial charge in [0, 0.05) is 17.3 Å². The van der Waals surface area contributed by atoms with Gasteiger partial charge >= 0.3 is 0 Å². The molecule has 21 heavy (non-hydrogen) atoms. The number of pyridine rings is 1. The predicted molar refractivity (Wildman–Crippen MR) is 81.8 cm³/mol. The Morgan fingerprint density at radius 3 is 2.57 bits per heavy atom. The molecule has 0 aliphatic heterocycles. The SMILES string of the molecule is Cc1cc2cc[nH]c(=O)c2n1S(=O)(=O)Cc1ccccc1. The van der Waals surface area contributed by atoms with Crippen LogP contribution in [-0.2, 0) is 15.8 Å². The van der Waals surface area contributed by atoms with E-state index in [-0.39, 0.29) is 11.3 Å². The van der Waals surface area contributed by atoms with Crippen molar-refractivity contribution in [2.45, 2.75) is 12.7 Å². The monoisotopic (exact) mass is 302 g/mol. The number of hydrogen-bond acceptors (Lipinski definition) is 3. The molecule has 2 heterocycles. The van der Waals surface area contributed by atoms with Gasteiger partial charge in [0.15, 0.2) is 0 Å². The van der Waals surface area contributed by atoms with E-state index in [1.165, 1.54) is 6.20 Å². The van der Waals surface area contributed by atoms with Gasteiger partial charge in [-0.1, -0.05) is 30.3 Å². The predicted octanol–water partition coefficient (Wildman–Crippen LogP) is 2.02. The minimum absolute atomic E-state index is 0.146. The number of nitrogens with one attached hydrogen (secondary N) is 1. The Labute approximate surface area is 121 Å². The van der Waals surface area contributed by atoms with Gasteiger partial charge in [0.1, 0.15) is 5.52 Å². The highest BCUT2D eigenvalue weighted by Crippen LogP contribution is 2.20. The molecule has 0 aliphatic carbocycles. The second kappa shape index (κ2) is 4.89. The van der Waals surface area contributed by atoms with Crippen molar-refractivity contribution >= 4 is 20.9 Å². The molecule has 0 aliphatic rings. The second-order valence-corrected chi connectivity index (χ2v) is 6.72. The summed E-state index contributed by atoms with van der Waals surface area (Å²) >= 11 is 0. The van der Waals surface area contributed by atoms with Crippen LogP contribution in [0.1, 0.15) is 11.3 Å². The van der Waals surface area contributed by atoms with Crippen LogP contribution in [-0.4, -0.2) is 17.4 Å². The number of H-pyrrole nitrogens is 1. The molecule has 1 N–H and O–H groups in total. The van der Waals surface area contributed by atoms with Gasteiger partial charge in [-0.25, -0.2) is 12.4 Å². The molecule has 5 nitrogen and oxygen atoms in total. The summed E-state index contributed by atoms with van der Waals surface area (Å²) in [7, 11) is -3.65. The van der Waals surface area contributed by atoms with Crippen molar-refractivity contribution in [1.29, 1.82) is 0 Å². The average Bonchev–Trinajstić information content (AvgIpc) is 2.78. The number of fused-ring (bicyclic) bond motifs is 1. The lowest BCUT2D eigenvalue weighted by molar-refractivity contribution is 0.587. The summed E-state index contributed by atoms with van der Waals surface area (Å²) in [5.74, 6) is -0.146. The van der Waals surface area contributed by atoms with E-state index in [9.17, 15) is 13.2 Å². The van der Waals surface area contributed by atoms with Crippen molar-refractivity contribution in [3.63, 3.8) is 0 Å². The van der Waals surface area contributed by atoms with Gasteiger partial charge in [0.05, 0.1) is 5.75 Å². The number of rotatable bonds is 3. The van der Waals surface area contributed by atoms with Gasteiger partial charge in [0.2, 0.25) is 10.0 Å². The largest absolute Gasteiger partial charge is 0.327 e. The molecule has 2 aromatic heterocycles. The highest BCUT2D eigenvalue weighted by atomic mass is 32.2. The van der Waals surface area contributed by atoms with Crippen molar-refractivity contribution in [3.05, 3.63) is 70.3 Å². The molecule has 3 aromatic rings. The molecule has 0 unspecified atom stereocenters. The smallest absolute Gasteiger partial charge is 0.273 e. The first kappa shape index (κ1) is 13.6. The fourth-order valence-electron chi connectivity index (χ4n) is 2.48. The second-order valence-electron chi connectivity index (χ2n) is 4.90. The zero-order valence-corrected chi connectivity index (χ0v) is 12.2. The molecular formula is C15H14N2O3S. The van der Waals surface area contributed by atoms with E-state index < -0.39 is 15.6 Å². The van der Waals surface area contributed by atoms with E-state index >= 15 is 0 Å². The number of benzene rings is 1. The summed E-state index contributed by atoms with van der Waals surface area (Å²) in [4.78, 5) is 14.5. The Hall–Kier alpha value is -2.34. The van der Waals surface area contributed by atoms with Crippen molar-refractivity contribution in [1.82, 2.24) is 8.96 Å². The first-order chi connectivity index (χ1) is 9.99. The van der Waals surface area contributed by atoms with Gasteiger partial charge < -0.3 is 4.98 Å². The molecule has 0 amide bonds. The maximum Gasteiger partial charge on any atom is 0.273 e. The van der Waals surface area contributed by atoms with E-state index in [4.69, 9.17) is 0 Å². The van der Waals surface area contributed by atoms with E-state index in [1.807, 2.05) is 6.07 Å². The first-order valence-corrected chi connectivity index (χ1v) is 8.07. The molecule has 0 atom stereocenters. The summed E-state index contributed by atoms with van der Waals surface area (Å²) in [5.41, 5.74) is 0.979. The van der Waals surface area contributed by atoms with Crippen LogP contribution in [0, 0.1) is 6.92 Å². The van der Waals surface area contributed by atoms with E-state index in [1.54, 1.807) is 43.3 Å². The average molecular weight is 302 g/mol. The minimum Gasteiger partial charge on any atom is -0.327 e. The Morgan fingerprint density at radius 1 is 1.14 bits per heavy atom. The summed E-state index contributed by atoms with van der Waals surface area (Å²) in [5, 5.41) is 0.618. The van der Waals surface area contributed by atoms with Gasteiger partial charge in [-0.05, 0) is 24.6 Å². The standard InChI is InChI=1S/C15H14N2O3S/c1-11-9-13-7-8-16-15(18)14(13)17(11)21(19,20)10-12-5-3-2-4-6-12/h2-9H,10H2,1H3,(H,16,18). The summed E-state index contributed by atoms with van der Waals surface area (Å²) in [6, 6.07) is 12.3. The number of aromatic amines is 1. The van der Waals surface area contributed by atoms with Gasteiger partial charge in [-0.15, -0.1) is 0 Å². The molecule has 0 radical (unpaired) electrons. The van der Waals surface area contributed by atoms with Crippen molar-refractivity contribution in [3.8, 4) is 0 Å². The summed E-state index contributed by atoms with van der Waals surface area (Å²) < 4.78 is 26.5. The Bertz CT molecular complexity index is 953. The number of aromatic nitrogens is 2. The summed E-state index contributed by atoms with van der Waals surface area (Å²) in [6.07, 6.45) is 1.51. The molecular weight excluding hydrogens is 288 g/mol. The Morgan fingerprint density at radius 2 is 1.86 bits per heavy atom. The third kappa shape index (κ3) is 2.38. The molecule has 1 aromatic carbocycles. The normalized spacial score (nSPS) is 11.9. The maximum atomic E-state index is 12.7. The molecule has 0 bridgehead atoms. The van der Waals surface area contributed by atoms with Crippen LogP contribution in [0.3, 0.4) is 0 Å². The maximum absolute atomic E-state index is 12.7. The summed E-state index contributed by atoms with van der Waals surface area (Å²) in [6.45, 7) is 1.68. The quantitative estimate of drug-likeness (QED) is 0.804. The van der Waals surface area contributed by atoms with E-state index in [0.29, 0.717) is 16.6 Å². The van der Waals surface area contributed by atoms with Crippen LogP contribution in [0.5, 0.6) is 0 Å². The van der Waals surface area contributed by atoms with Crippen molar-refractivity contribution in [2.24, 2.45) is 0 Å². The lowest BCUT2D eigenvalue weighted by Crippen LogP contribution is -2.20. The highest BCUT2D eigenvalue weighted by Gasteiger charge is 2.21. The zero-order valence-electron chi connectivity index (χ0n) is 11.4. The van der Waals surface area contributed by atoms with E-state index in [0.717, 1.165) is 3.97 Å². The third-order valence-corrected chi connectivity index (χ3v) is 5.05. The number of hydrogen-bond donors (Lipinski definition) is 1. The zero-order chi connectivity index (χ0) is 15.0. The fourth-order valence-corrected chi connectivity index (χ4v) is 4.18. The van der Waals surface area contributed by atoms with Crippen LogP contribution in [0.15, 0.2) is 53.5 Å². The molecule has 0 saturated heterocycles. The minimum atomic E-state index is -3.65. The topological polar surface area (TPSA) is 71.9 Å². The lowest BCUT2D eigenvalue weighted by Gasteiger charge is -2.09. The van der Waals surface area contributed by atoms with Crippen LogP contribution >= 0.6 is 0 Å². The van der Waals surface area contributed by atoms with E-state index in [2.05, 4.69) is 4.98 Å². The fraction of sp³-hybridized carbons (Fsp3) is 0.133. The van der Waals surface area contributed by atoms with Crippen LogP contribution < -0.4 is 5.56 Å². The number of aryl methyl sites for hydroxylation is 1. The number of nitrogens with zero attached hydrogens (tertiary/aromatic N) is 1. The molecule has 0 fully saturated rings. The molecule has 3 rings (SSSR count). The van der Waals surface area contributed by atoms with Gasteiger partial charge in [-0.2, -0.15) is 0 Å².